The van der Waals surface area contributed by atoms with E-state index < -0.39 is 0 Å². The van der Waals surface area contributed by atoms with E-state index in [1.54, 1.807) is 0 Å². The number of hydroxylamine groups is 2. The summed E-state index contributed by atoms with van der Waals surface area (Å²) in [6, 6.07) is 9.18. The maximum atomic E-state index is 6.56. The highest BCUT2D eigenvalue weighted by Crippen LogP contribution is 2.41. The fourth-order valence-corrected chi connectivity index (χ4v) is 7.11. The summed E-state index contributed by atoms with van der Waals surface area (Å²) in [7, 11) is 0. The average molecular weight is 574 g/mol. The van der Waals surface area contributed by atoms with E-state index in [2.05, 4.69) is 39.3 Å². The zero-order valence-electron chi connectivity index (χ0n) is 26.5. The highest BCUT2D eigenvalue weighted by molar-refractivity contribution is 5.08. The first-order valence-corrected chi connectivity index (χ1v) is 17.8. The number of nitrogens with zero attached hydrogens (tertiary/aromatic N) is 3. The summed E-state index contributed by atoms with van der Waals surface area (Å²) in [4.78, 5) is 15.0. The van der Waals surface area contributed by atoms with Crippen molar-refractivity contribution < 1.29 is 4.84 Å². The van der Waals surface area contributed by atoms with Gasteiger partial charge in [0.25, 0.3) is 0 Å². The molecule has 2 aliphatic rings. The summed E-state index contributed by atoms with van der Waals surface area (Å²) in [5, 5.41) is 2.42. The standard InChI is InChI=1S/C38H59N3O/c1(3-5-7-11-15-22-34-24-20-29-39-32-34)2-4-6-10-14-18-31-41-37-27-19-26-36(37)38(42-41)28-17-13-9-8-12-16-23-35-25-21-30-40-33-35/h4,6,20-21,24-25,29-30,32-33,36-38H,1-3,5,7-19,22-23,26-28,31H2. The number of allylic oxidation sites excluding steroid dienone is 2. The third-order valence-corrected chi connectivity index (χ3v) is 9.55. The Morgan fingerprint density at radius 2 is 1.24 bits per heavy atom. The highest BCUT2D eigenvalue weighted by Gasteiger charge is 2.44. The maximum absolute atomic E-state index is 6.56. The van der Waals surface area contributed by atoms with Crippen LogP contribution in [0, 0.1) is 5.92 Å². The second-order valence-corrected chi connectivity index (χ2v) is 13.0. The third-order valence-electron chi connectivity index (χ3n) is 9.55. The minimum Gasteiger partial charge on any atom is -0.295 e. The van der Waals surface area contributed by atoms with Crippen molar-refractivity contribution in [1.82, 2.24) is 15.0 Å². The monoisotopic (exact) mass is 573 g/mol. The molecule has 1 saturated heterocycles. The average Bonchev–Trinajstić information content (AvgIpc) is 3.64. The van der Waals surface area contributed by atoms with Gasteiger partial charge in [0.2, 0.25) is 0 Å². The lowest BCUT2D eigenvalue weighted by atomic mass is 9.93. The normalized spacial score (nSPS) is 20.5. The Labute approximate surface area is 257 Å². The molecule has 0 N–H and O–H groups in total. The summed E-state index contributed by atoms with van der Waals surface area (Å²) in [6.07, 6.45) is 42.1. The van der Waals surface area contributed by atoms with Gasteiger partial charge in [-0.2, -0.15) is 5.06 Å². The predicted octanol–water partition coefficient (Wildman–Crippen LogP) is 10.2. The van der Waals surface area contributed by atoms with E-state index in [-0.39, 0.29) is 0 Å². The molecule has 0 amide bonds. The van der Waals surface area contributed by atoms with E-state index >= 15 is 0 Å². The van der Waals surface area contributed by atoms with E-state index in [4.69, 9.17) is 4.84 Å². The van der Waals surface area contributed by atoms with Gasteiger partial charge in [-0.05, 0) is 100 Å². The van der Waals surface area contributed by atoms with Crippen LogP contribution in [0.4, 0.5) is 0 Å². The van der Waals surface area contributed by atoms with Crippen LogP contribution in [-0.2, 0) is 17.7 Å². The first-order chi connectivity index (χ1) is 20.9. The quantitative estimate of drug-likeness (QED) is 0.0979. The molecule has 4 heteroatoms. The number of aromatic nitrogens is 2. The number of fused-ring (bicyclic) bond motifs is 1. The molecule has 3 atom stereocenters. The third kappa shape index (κ3) is 12.7. The molecule has 0 spiro atoms. The lowest BCUT2D eigenvalue weighted by molar-refractivity contribution is -0.167. The molecular weight excluding hydrogens is 514 g/mol. The van der Waals surface area contributed by atoms with Gasteiger partial charge in [0, 0.05) is 43.3 Å². The van der Waals surface area contributed by atoms with E-state index in [0.29, 0.717) is 12.1 Å². The second-order valence-electron chi connectivity index (χ2n) is 13.0. The minimum absolute atomic E-state index is 0.490. The number of hydrogen-bond acceptors (Lipinski definition) is 4. The van der Waals surface area contributed by atoms with Gasteiger partial charge in [-0.15, -0.1) is 0 Å². The van der Waals surface area contributed by atoms with Crippen molar-refractivity contribution in [3.8, 4) is 0 Å². The molecule has 0 bridgehead atoms. The van der Waals surface area contributed by atoms with Gasteiger partial charge < -0.3 is 0 Å². The molecule has 4 nitrogen and oxygen atoms in total. The maximum Gasteiger partial charge on any atom is 0.0837 e. The van der Waals surface area contributed by atoms with Gasteiger partial charge in [-0.25, -0.2) is 0 Å². The topological polar surface area (TPSA) is 38.2 Å². The van der Waals surface area contributed by atoms with Crippen LogP contribution in [0.25, 0.3) is 0 Å². The molecule has 3 unspecified atom stereocenters. The number of rotatable bonds is 23. The van der Waals surface area contributed by atoms with Crippen LogP contribution in [0.5, 0.6) is 0 Å². The Bertz CT molecular complexity index is 949. The first kappa shape index (κ1) is 32.9. The van der Waals surface area contributed by atoms with E-state index in [1.165, 1.54) is 152 Å². The Balaban J connectivity index is 0.938. The molecule has 3 heterocycles. The van der Waals surface area contributed by atoms with Crippen molar-refractivity contribution in [2.75, 3.05) is 6.54 Å². The van der Waals surface area contributed by atoms with Crippen LogP contribution in [0.1, 0.15) is 140 Å². The van der Waals surface area contributed by atoms with E-state index in [1.807, 2.05) is 36.9 Å². The van der Waals surface area contributed by atoms with Crippen LogP contribution in [-0.4, -0.2) is 33.7 Å². The van der Waals surface area contributed by atoms with Gasteiger partial charge in [0.15, 0.2) is 0 Å². The zero-order chi connectivity index (χ0) is 28.9. The SMILES string of the molecule is C(=CCCCCN1OC(CCCCCCCCc2cccnc2)C2CCCC21)CCCCCCCCc1cccnc1. The molecule has 42 heavy (non-hydrogen) atoms. The van der Waals surface area contributed by atoms with Crippen molar-refractivity contribution in [1.29, 1.82) is 0 Å². The van der Waals surface area contributed by atoms with Gasteiger partial charge in [0.1, 0.15) is 0 Å². The Hall–Kier alpha value is -2.04. The molecule has 2 aromatic heterocycles. The Kier molecular flexibility index (Phi) is 16.3. The van der Waals surface area contributed by atoms with Gasteiger partial charge in [-0.3, -0.25) is 14.8 Å². The van der Waals surface area contributed by atoms with E-state index in [9.17, 15) is 0 Å². The minimum atomic E-state index is 0.490. The fraction of sp³-hybridized carbons (Fsp3) is 0.684. The Morgan fingerprint density at radius 1 is 0.667 bits per heavy atom. The number of aryl methyl sites for hydroxylation is 2. The molecule has 0 radical (unpaired) electrons. The van der Waals surface area contributed by atoms with Crippen molar-refractivity contribution in [2.45, 2.75) is 153 Å². The van der Waals surface area contributed by atoms with Crippen molar-refractivity contribution in [3.63, 3.8) is 0 Å². The van der Waals surface area contributed by atoms with Gasteiger partial charge in [0.05, 0.1) is 6.10 Å². The van der Waals surface area contributed by atoms with Crippen molar-refractivity contribution in [2.24, 2.45) is 5.92 Å². The van der Waals surface area contributed by atoms with Crippen molar-refractivity contribution >= 4 is 0 Å². The number of pyridine rings is 2. The van der Waals surface area contributed by atoms with Crippen LogP contribution in [0.15, 0.2) is 61.2 Å². The summed E-state index contributed by atoms with van der Waals surface area (Å²) in [5.41, 5.74) is 2.76. The largest absolute Gasteiger partial charge is 0.295 e. The van der Waals surface area contributed by atoms with Crippen LogP contribution in [0.3, 0.4) is 0 Å². The molecule has 4 rings (SSSR count). The zero-order valence-corrected chi connectivity index (χ0v) is 26.5. The van der Waals surface area contributed by atoms with Crippen LogP contribution in [0.2, 0.25) is 0 Å². The smallest absolute Gasteiger partial charge is 0.0837 e. The second kappa shape index (κ2) is 20.8. The summed E-state index contributed by atoms with van der Waals surface area (Å²) in [6.45, 7) is 1.13. The van der Waals surface area contributed by atoms with Crippen LogP contribution < -0.4 is 0 Å². The lowest BCUT2D eigenvalue weighted by Gasteiger charge is -2.21. The molecule has 1 aliphatic carbocycles. The van der Waals surface area contributed by atoms with Crippen molar-refractivity contribution in [3.05, 3.63) is 72.3 Å². The molecule has 232 valence electrons. The number of unbranched alkanes of at least 4 members (excludes halogenated alkanes) is 13. The van der Waals surface area contributed by atoms with Gasteiger partial charge >= 0.3 is 0 Å². The van der Waals surface area contributed by atoms with Crippen LogP contribution >= 0.6 is 0 Å². The summed E-state index contributed by atoms with van der Waals surface area (Å²) >= 11 is 0. The summed E-state index contributed by atoms with van der Waals surface area (Å²) in [5.74, 6) is 0.797. The molecule has 0 aromatic carbocycles. The Morgan fingerprint density at radius 3 is 1.86 bits per heavy atom. The summed E-state index contributed by atoms with van der Waals surface area (Å²) < 4.78 is 0. The lowest BCUT2D eigenvalue weighted by Crippen LogP contribution is -2.29. The molecular formula is C38H59N3O. The molecule has 1 saturated carbocycles. The number of hydrogen-bond donors (Lipinski definition) is 0. The van der Waals surface area contributed by atoms with Gasteiger partial charge in [-0.1, -0.05) is 88.5 Å². The molecule has 1 aliphatic heterocycles. The predicted molar refractivity (Wildman–Crippen MR) is 176 cm³/mol. The molecule has 2 fully saturated rings. The fourth-order valence-electron chi connectivity index (χ4n) is 7.11. The highest BCUT2D eigenvalue weighted by atomic mass is 16.7. The van der Waals surface area contributed by atoms with E-state index in [0.717, 1.165) is 12.5 Å². The molecule has 2 aromatic rings. The first-order valence-electron chi connectivity index (χ1n) is 17.8.